The second-order valence-electron chi connectivity index (χ2n) is 6.51. The van der Waals surface area contributed by atoms with Gasteiger partial charge in [0, 0.05) is 18.2 Å². The molecule has 25 heavy (non-hydrogen) atoms. The van der Waals surface area contributed by atoms with E-state index in [-0.39, 0.29) is 11.9 Å². The molecule has 1 aliphatic heterocycles. The van der Waals surface area contributed by atoms with Crippen LogP contribution in [-0.4, -0.2) is 22.5 Å². The van der Waals surface area contributed by atoms with E-state index < -0.39 is 0 Å². The summed E-state index contributed by atoms with van der Waals surface area (Å²) in [5.74, 6) is 0.218. The van der Waals surface area contributed by atoms with Crippen LogP contribution in [0.2, 0.25) is 0 Å². The van der Waals surface area contributed by atoms with Crippen LogP contribution in [0.5, 0.6) is 0 Å². The summed E-state index contributed by atoms with van der Waals surface area (Å²) >= 11 is 0. The van der Waals surface area contributed by atoms with Crippen LogP contribution in [0.25, 0.3) is 11.3 Å². The molecule has 1 aliphatic rings. The number of carbonyl (C=O) groups is 1. The van der Waals surface area contributed by atoms with E-state index in [0.29, 0.717) is 11.5 Å². The fourth-order valence-corrected chi connectivity index (χ4v) is 3.41. The number of aromatic nitrogens is 1. The first-order valence-corrected chi connectivity index (χ1v) is 8.62. The SMILES string of the molecule is Cc1ccc(C2CCCN2C(=O)c2cc(-c3ccccc3)no2)cc1. The molecule has 1 unspecified atom stereocenters. The smallest absolute Gasteiger partial charge is 0.292 e. The number of nitrogens with zero attached hydrogens (tertiary/aromatic N) is 2. The third kappa shape index (κ3) is 3.07. The van der Waals surface area contributed by atoms with Gasteiger partial charge in [0.15, 0.2) is 0 Å². The summed E-state index contributed by atoms with van der Waals surface area (Å²) in [6, 6.07) is 20.0. The van der Waals surface area contributed by atoms with Gasteiger partial charge in [-0.2, -0.15) is 0 Å². The first kappa shape index (κ1) is 15.6. The number of rotatable bonds is 3. The lowest BCUT2D eigenvalue weighted by atomic mass is 10.0. The van der Waals surface area contributed by atoms with Crippen LogP contribution < -0.4 is 0 Å². The van der Waals surface area contributed by atoms with Gasteiger partial charge < -0.3 is 9.42 Å². The van der Waals surface area contributed by atoms with Crippen molar-refractivity contribution >= 4 is 5.91 Å². The maximum Gasteiger partial charge on any atom is 0.292 e. The van der Waals surface area contributed by atoms with E-state index in [0.717, 1.165) is 24.9 Å². The highest BCUT2D eigenvalue weighted by atomic mass is 16.5. The molecular weight excluding hydrogens is 312 g/mol. The minimum atomic E-state index is -0.0854. The Labute approximate surface area is 147 Å². The molecule has 0 spiro atoms. The molecule has 0 aliphatic carbocycles. The first-order valence-electron chi connectivity index (χ1n) is 8.62. The summed E-state index contributed by atoms with van der Waals surface area (Å²) in [5.41, 5.74) is 4.04. The number of carbonyl (C=O) groups excluding carboxylic acids is 1. The predicted molar refractivity (Wildman–Crippen MR) is 96.1 cm³/mol. The molecule has 0 radical (unpaired) electrons. The van der Waals surface area contributed by atoms with Gasteiger partial charge in [0.05, 0.1) is 6.04 Å². The van der Waals surface area contributed by atoms with Gasteiger partial charge in [0.2, 0.25) is 5.76 Å². The zero-order valence-electron chi connectivity index (χ0n) is 14.2. The number of likely N-dealkylation sites (tertiary alicyclic amines) is 1. The molecule has 126 valence electrons. The van der Waals surface area contributed by atoms with E-state index >= 15 is 0 Å². The molecule has 4 rings (SSSR count). The molecule has 1 amide bonds. The third-order valence-electron chi connectivity index (χ3n) is 4.77. The molecule has 2 heterocycles. The number of hydrogen-bond acceptors (Lipinski definition) is 3. The Morgan fingerprint density at radius 3 is 2.64 bits per heavy atom. The Bertz CT molecular complexity index is 868. The first-order chi connectivity index (χ1) is 12.2. The van der Waals surface area contributed by atoms with Gasteiger partial charge in [0.1, 0.15) is 5.69 Å². The number of hydrogen-bond donors (Lipinski definition) is 0. The van der Waals surface area contributed by atoms with Crippen LogP contribution in [-0.2, 0) is 0 Å². The van der Waals surface area contributed by atoms with Crippen molar-refractivity contribution in [2.45, 2.75) is 25.8 Å². The minimum Gasteiger partial charge on any atom is -0.350 e. The maximum atomic E-state index is 12.9. The third-order valence-corrected chi connectivity index (χ3v) is 4.77. The molecule has 0 saturated carbocycles. The second-order valence-corrected chi connectivity index (χ2v) is 6.51. The molecule has 4 nitrogen and oxygen atoms in total. The lowest BCUT2D eigenvalue weighted by Crippen LogP contribution is -2.30. The molecule has 0 bridgehead atoms. The van der Waals surface area contributed by atoms with Crippen LogP contribution in [0.15, 0.2) is 65.2 Å². The van der Waals surface area contributed by atoms with Crippen LogP contribution in [0.1, 0.15) is 40.6 Å². The van der Waals surface area contributed by atoms with Gasteiger partial charge in [0.25, 0.3) is 5.91 Å². The molecule has 1 aromatic heterocycles. The van der Waals surface area contributed by atoms with Crippen molar-refractivity contribution in [1.82, 2.24) is 10.1 Å². The van der Waals surface area contributed by atoms with Crippen LogP contribution >= 0.6 is 0 Å². The number of amides is 1. The predicted octanol–water partition coefficient (Wildman–Crippen LogP) is 4.63. The molecule has 1 saturated heterocycles. The molecular formula is C21H20N2O2. The highest BCUT2D eigenvalue weighted by molar-refractivity contribution is 5.93. The van der Waals surface area contributed by atoms with Gasteiger partial charge in [-0.05, 0) is 25.3 Å². The van der Waals surface area contributed by atoms with Crippen molar-refractivity contribution in [2.75, 3.05) is 6.54 Å². The average Bonchev–Trinajstić information content (AvgIpc) is 3.32. The van der Waals surface area contributed by atoms with Crippen molar-refractivity contribution in [3.05, 3.63) is 77.6 Å². The van der Waals surface area contributed by atoms with Gasteiger partial charge >= 0.3 is 0 Å². The number of benzene rings is 2. The topological polar surface area (TPSA) is 46.3 Å². The van der Waals surface area contributed by atoms with E-state index in [2.05, 4.69) is 36.3 Å². The van der Waals surface area contributed by atoms with Crippen molar-refractivity contribution in [2.24, 2.45) is 0 Å². The highest BCUT2D eigenvalue weighted by Gasteiger charge is 2.32. The van der Waals surface area contributed by atoms with Crippen molar-refractivity contribution in [3.63, 3.8) is 0 Å². The quantitative estimate of drug-likeness (QED) is 0.702. The van der Waals surface area contributed by atoms with Crippen molar-refractivity contribution < 1.29 is 9.32 Å². The highest BCUT2D eigenvalue weighted by Crippen LogP contribution is 2.33. The summed E-state index contributed by atoms with van der Waals surface area (Å²) < 4.78 is 5.36. The van der Waals surface area contributed by atoms with Crippen molar-refractivity contribution in [3.8, 4) is 11.3 Å². The van der Waals surface area contributed by atoms with Gasteiger partial charge in [-0.1, -0.05) is 65.3 Å². The number of aryl methyl sites for hydroxylation is 1. The van der Waals surface area contributed by atoms with E-state index in [1.165, 1.54) is 11.1 Å². The fraction of sp³-hybridized carbons (Fsp3) is 0.238. The normalized spacial score (nSPS) is 17.0. The summed E-state index contributed by atoms with van der Waals surface area (Å²) in [4.78, 5) is 14.8. The van der Waals surface area contributed by atoms with Gasteiger partial charge in [-0.3, -0.25) is 4.79 Å². The fourth-order valence-electron chi connectivity index (χ4n) is 3.41. The van der Waals surface area contributed by atoms with Crippen LogP contribution in [0.4, 0.5) is 0 Å². The lowest BCUT2D eigenvalue weighted by Gasteiger charge is -2.24. The zero-order valence-corrected chi connectivity index (χ0v) is 14.2. The molecule has 1 fully saturated rings. The minimum absolute atomic E-state index is 0.0854. The largest absolute Gasteiger partial charge is 0.350 e. The molecule has 1 atom stereocenters. The maximum absolute atomic E-state index is 12.9. The standard InChI is InChI=1S/C21H20N2O2/c1-15-9-11-17(12-10-15)19-8-5-13-23(19)21(24)20-14-18(22-25-20)16-6-3-2-4-7-16/h2-4,6-7,9-12,14,19H,5,8,13H2,1H3. The summed E-state index contributed by atoms with van der Waals surface area (Å²) in [7, 11) is 0. The lowest BCUT2D eigenvalue weighted by molar-refractivity contribution is 0.0693. The average molecular weight is 332 g/mol. The Kier molecular flexibility index (Phi) is 4.10. The van der Waals surface area contributed by atoms with Crippen LogP contribution in [0, 0.1) is 6.92 Å². The van der Waals surface area contributed by atoms with E-state index in [9.17, 15) is 4.79 Å². The summed E-state index contributed by atoms with van der Waals surface area (Å²) in [6.07, 6.45) is 1.98. The summed E-state index contributed by atoms with van der Waals surface area (Å²) in [6.45, 7) is 2.82. The Morgan fingerprint density at radius 2 is 1.88 bits per heavy atom. The second kappa shape index (κ2) is 6.55. The summed E-state index contributed by atoms with van der Waals surface area (Å²) in [5, 5.41) is 4.07. The Hall–Kier alpha value is -2.88. The van der Waals surface area contributed by atoms with Gasteiger partial charge in [-0.25, -0.2) is 0 Å². The monoisotopic (exact) mass is 332 g/mol. The van der Waals surface area contributed by atoms with Crippen molar-refractivity contribution in [1.29, 1.82) is 0 Å². The van der Waals surface area contributed by atoms with E-state index in [4.69, 9.17) is 4.52 Å². The van der Waals surface area contributed by atoms with E-state index in [1.54, 1.807) is 6.07 Å². The molecule has 3 aromatic rings. The Morgan fingerprint density at radius 1 is 1.12 bits per heavy atom. The molecule has 4 heteroatoms. The van der Waals surface area contributed by atoms with Gasteiger partial charge in [-0.15, -0.1) is 0 Å². The molecule has 0 N–H and O–H groups in total. The van der Waals surface area contributed by atoms with Crippen LogP contribution in [0.3, 0.4) is 0 Å². The zero-order chi connectivity index (χ0) is 17.2. The van der Waals surface area contributed by atoms with E-state index in [1.807, 2.05) is 35.2 Å². The molecule has 2 aromatic carbocycles. The Balaban J connectivity index is 1.58.